The third kappa shape index (κ3) is 3.15. The molecule has 0 aliphatic heterocycles. The van der Waals surface area contributed by atoms with Crippen LogP contribution in [-0.2, 0) is 13.0 Å². The van der Waals surface area contributed by atoms with Crippen LogP contribution in [-0.4, -0.2) is 20.9 Å². The van der Waals surface area contributed by atoms with Crippen LogP contribution in [0, 0.1) is 0 Å². The summed E-state index contributed by atoms with van der Waals surface area (Å²) in [5, 5.41) is 8.24. The summed E-state index contributed by atoms with van der Waals surface area (Å²) >= 11 is 3.12. The minimum Gasteiger partial charge on any atom is -0.356 e. The molecule has 3 rings (SSSR count). The minimum atomic E-state index is -0.129. The number of fused-ring (bicyclic) bond motifs is 1. The standard InChI is InChI=1S/C15H16N4OS2/c1-3-11-8-13(20)19-15(17-11)22-14(18-19)16-9-10-4-6-12(21-2)7-5-10/h4-8H,3,9H2,1-2H3,(H,16,18). The fourth-order valence-corrected chi connectivity index (χ4v) is 3.26. The minimum absolute atomic E-state index is 0.129. The summed E-state index contributed by atoms with van der Waals surface area (Å²) in [4.78, 5) is 18.3. The van der Waals surface area contributed by atoms with E-state index in [1.807, 2.05) is 6.92 Å². The Hall–Kier alpha value is -1.86. The Labute approximate surface area is 136 Å². The normalized spacial score (nSPS) is 11.0. The van der Waals surface area contributed by atoms with Gasteiger partial charge in [-0.25, -0.2) is 4.98 Å². The average Bonchev–Trinajstić information content (AvgIpc) is 2.97. The van der Waals surface area contributed by atoms with Gasteiger partial charge in [0.25, 0.3) is 5.56 Å². The lowest BCUT2D eigenvalue weighted by Crippen LogP contribution is -2.15. The first kappa shape index (κ1) is 15.1. The van der Waals surface area contributed by atoms with Crippen LogP contribution in [0.2, 0.25) is 0 Å². The molecule has 0 unspecified atom stereocenters. The number of hydrogen-bond donors (Lipinski definition) is 1. The first-order valence-electron chi connectivity index (χ1n) is 6.96. The van der Waals surface area contributed by atoms with E-state index < -0.39 is 0 Å². The quantitative estimate of drug-likeness (QED) is 0.728. The summed E-state index contributed by atoms with van der Waals surface area (Å²) in [6, 6.07) is 9.91. The van der Waals surface area contributed by atoms with Crippen molar-refractivity contribution in [2.75, 3.05) is 11.6 Å². The number of rotatable bonds is 5. The Morgan fingerprint density at radius 2 is 2.09 bits per heavy atom. The second-order valence-corrected chi connectivity index (χ2v) is 6.58. The third-order valence-electron chi connectivity index (χ3n) is 3.26. The van der Waals surface area contributed by atoms with Crippen LogP contribution in [0.1, 0.15) is 18.2 Å². The number of nitrogens with zero attached hydrogens (tertiary/aromatic N) is 3. The van der Waals surface area contributed by atoms with Gasteiger partial charge in [-0.1, -0.05) is 30.4 Å². The van der Waals surface area contributed by atoms with E-state index in [0.29, 0.717) is 16.6 Å². The van der Waals surface area contributed by atoms with Gasteiger partial charge in [-0.05, 0) is 30.4 Å². The van der Waals surface area contributed by atoms with Crippen LogP contribution in [0.15, 0.2) is 40.0 Å². The van der Waals surface area contributed by atoms with Gasteiger partial charge in [-0.3, -0.25) is 4.79 Å². The Balaban J connectivity index is 1.78. The molecule has 3 aromatic rings. The number of thioether (sulfide) groups is 1. The Kier molecular flexibility index (Phi) is 4.44. The van der Waals surface area contributed by atoms with Crippen LogP contribution < -0.4 is 10.9 Å². The van der Waals surface area contributed by atoms with E-state index in [9.17, 15) is 4.79 Å². The predicted molar refractivity (Wildman–Crippen MR) is 92.1 cm³/mol. The zero-order chi connectivity index (χ0) is 15.5. The monoisotopic (exact) mass is 332 g/mol. The number of aromatic nitrogens is 3. The van der Waals surface area contributed by atoms with Crippen molar-refractivity contribution in [1.82, 2.24) is 14.6 Å². The number of benzene rings is 1. The maximum absolute atomic E-state index is 12.0. The lowest BCUT2D eigenvalue weighted by atomic mass is 10.2. The van der Waals surface area contributed by atoms with Gasteiger partial charge in [-0.15, -0.1) is 16.9 Å². The van der Waals surface area contributed by atoms with Crippen molar-refractivity contribution in [2.24, 2.45) is 0 Å². The van der Waals surface area contributed by atoms with Gasteiger partial charge in [0.2, 0.25) is 10.1 Å². The molecule has 2 heterocycles. The zero-order valence-corrected chi connectivity index (χ0v) is 14.0. The van der Waals surface area contributed by atoms with Crippen LogP contribution in [0.25, 0.3) is 4.96 Å². The van der Waals surface area contributed by atoms with Gasteiger partial charge < -0.3 is 5.32 Å². The second kappa shape index (κ2) is 6.50. The van der Waals surface area contributed by atoms with Crippen molar-refractivity contribution < 1.29 is 0 Å². The van der Waals surface area contributed by atoms with Crippen molar-refractivity contribution in [3.8, 4) is 0 Å². The largest absolute Gasteiger partial charge is 0.356 e. The first-order chi connectivity index (χ1) is 10.7. The van der Waals surface area contributed by atoms with Crippen LogP contribution in [0.4, 0.5) is 5.13 Å². The van der Waals surface area contributed by atoms with Crippen LogP contribution in [0.5, 0.6) is 0 Å². The lowest BCUT2D eigenvalue weighted by molar-refractivity contribution is 0.874. The van der Waals surface area contributed by atoms with Gasteiger partial charge in [0.15, 0.2) is 0 Å². The number of nitrogens with one attached hydrogen (secondary N) is 1. The topological polar surface area (TPSA) is 59.3 Å². The van der Waals surface area contributed by atoms with E-state index in [2.05, 4.69) is 45.9 Å². The lowest BCUT2D eigenvalue weighted by Gasteiger charge is -2.03. The molecule has 0 bridgehead atoms. The van der Waals surface area contributed by atoms with Crippen LogP contribution in [0.3, 0.4) is 0 Å². The fraction of sp³-hybridized carbons (Fsp3) is 0.267. The number of hydrogen-bond acceptors (Lipinski definition) is 6. The summed E-state index contributed by atoms with van der Waals surface area (Å²) in [7, 11) is 0. The molecular weight excluding hydrogens is 316 g/mol. The van der Waals surface area contributed by atoms with Gasteiger partial charge >= 0.3 is 0 Å². The smallest absolute Gasteiger partial charge is 0.275 e. The highest BCUT2D eigenvalue weighted by molar-refractivity contribution is 7.98. The van der Waals surface area contributed by atoms with E-state index in [0.717, 1.165) is 12.1 Å². The summed E-state index contributed by atoms with van der Waals surface area (Å²) in [5.74, 6) is 0. The molecule has 0 saturated carbocycles. The van der Waals surface area contributed by atoms with Gasteiger partial charge in [0.1, 0.15) is 0 Å². The Morgan fingerprint density at radius 1 is 1.32 bits per heavy atom. The Morgan fingerprint density at radius 3 is 2.77 bits per heavy atom. The average molecular weight is 332 g/mol. The SMILES string of the molecule is CCc1cc(=O)n2nc(NCc3ccc(SC)cc3)sc2n1. The third-order valence-corrected chi connectivity index (χ3v) is 4.87. The molecule has 0 atom stereocenters. The summed E-state index contributed by atoms with van der Waals surface area (Å²) in [6.07, 6.45) is 2.80. The summed E-state index contributed by atoms with van der Waals surface area (Å²) < 4.78 is 1.35. The van der Waals surface area contributed by atoms with E-state index >= 15 is 0 Å². The molecule has 0 radical (unpaired) electrons. The second-order valence-electron chi connectivity index (χ2n) is 4.74. The van der Waals surface area contributed by atoms with Crippen LogP contribution >= 0.6 is 23.1 Å². The van der Waals surface area contributed by atoms with E-state index in [4.69, 9.17) is 0 Å². The Bertz CT molecular complexity index is 839. The van der Waals surface area contributed by atoms with Crippen molar-refractivity contribution in [3.63, 3.8) is 0 Å². The molecule has 0 saturated heterocycles. The molecule has 0 aliphatic carbocycles. The van der Waals surface area contributed by atoms with Crippen molar-refractivity contribution in [1.29, 1.82) is 0 Å². The van der Waals surface area contributed by atoms with E-state index in [1.54, 1.807) is 11.8 Å². The van der Waals surface area contributed by atoms with Crippen molar-refractivity contribution in [3.05, 3.63) is 51.9 Å². The molecule has 1 N–H and O–H groups in total. The highest BCUT2D eigenvalue weighted by Gasteiger charge is 2.08. The molecule has 1 aromatic carbocycles. The predicted octanol–water partition coefficient (Wildman–Crippen LogP) is 3.05. The maximum atomic E-state index is 12.0. The first-order valence-corrected chi connectivity index (χ1v) is 9.00. The molecular formula is C15H16N4OS2. The molecule has 0 amide bonds. The van der Waals surface area contributed by atoms with Crippen molar-refractivity contribution in [2.45, 2.75) is 24.8 Å². The molecule has 114 valence electrons. The van der Waals surface area contributed by atoms with Gasteiger partial charge in [-0.2, -0.15) is 4.52 Å². The molecule has 2 aromatic heterocycles. The van der Waals surface area contributed by atoms with E-state index in [1.165, 1.54) is 32.4 Å². The molecule has 0 spiro atoms. The maximum Gasteiger partial charge on any atom is 0.275 e. The van der Waals surface area contributed by atoms with E-state index in [-0.39, 0.29) is 5.56 Å². The fourth-order valence-electron chi connectivity index (χ4n) is 2.03. The summed E-state index contributed by atoms with van der Waals surface area (Å²) in [5.41, 5.74) is 1.84. The van der Waals surface area contributed by atoms with Gasteiger partial charge in [0.05, 0.1) is 0 Å². The zero-order valence-electron chi connectivity index (χ0n) is 12.4. The molecule has 7 heteroatoms. The molecule has 0 aliphatic rings. The summed E-state index contributed by atoms with van der Waals surface area (Å²) in [6.45, 7) is 2.65. The number of anilines is 1. The molecule has 5 nitrogen and oxygen atoms in total. The highest BCUT2D eigenvalue weighted by atomic mass is 32.2. The molecule has 22 heavy (non-hydrogen) atoms. The van der Waals surface area contributed by atoms with Crippen molar-refractivity contribution >= 4 is 33.2 Å². The van der Waals surface area contributed by atoms with Gasteiger partial charge in [0, 0.05) is 23.2 Å². The molecule has 0 fully saturated rings. The highest BCUT2D eigenvalue weighted by Crippen LogP contribution is 2.19. The number of aryl methyl sites for hydroxylation is 1.